The highest BCUT2D eigenvalue weighted by Crippen LogP contribution is 2.03. The highest BCUT2D eigenvalue weighted by atomic mass is 32.2. The van der Waals surface area contributed by atoms with Crippen molar-refractivity contribution in [2.45, 2.75) is 0 Å². The molecule has 0 unspecified atom stereocenters. The van der Waals surface area contributed by atoms with Gasteiger partial charge in [0, 0.05) is 11.6 Å². The Hall–Kier alpha value is -0.500. The molecule has 1 aliphatic rings. The van der Waals surface area contributed by atoms with Crippen LogP contribution < -0.4 is 0 Å². The van der Waals surface area contributed by atoms with E-state index in [9.17, 15) is 0 Å². The summed E-state index contributed by atoms with van der Waals surface area (Å²) in [4.78, 5) is 3.70. The third kappa shape index (κ3) is 1.59. The Bertz CT molecular complexity index is 110. The van der Waals surface area contributed by atoms with Gasteiger partial charge in [-0.05, 0) is 11.5 Å². The molecule has 34 valence electrons. The second kappa shape index (κ2) is 2.64. The maximum atomic E-state index is 3.70. The van der Waals surface area contributed by atoms with Crippen molar-refractivity contribution in [3.8, 4) is 0 Å². The number of thioether (sulfide) groups is 1. The Morgan fingerprint density at radius 3 is 3.57 bits per heavy atom. The van der Waals surface area contributed by atoms with Crippen LogP contribution in [0.2, 0.25) is 0 Å². The summed E-state index contributed by atoms with van der Waals surface area (Å²) in [6.45, 7) is 0. The van der Waals surface area contributed by atoms with E-state index in [4.69, 9.17) is 0 Å². The smallest absolute Gasteiger partial charge is 0.0898 e. The van der Waals surface area contributed by atoms with Crippen molar-refractivity contribution in [3.05, 3.63) is 23.1 Å². The van der Waals surface area contributed by atoms with Crippen molar-refractivity contribution in [2.75, 3.05) is 0 Å². The lowest BCUT2D eigenvalue weighted by molar-refractivity contribution is 1.63. The van der Waals surface area contributed by atoms with Gasteiger partial charge < -0.3 is 0 Å². The Morgan fingerprint density at radius 1 is 1.57 bits per heavy atom. The molecule has 0 atom stereocenters. The van der Waals surface area contributed by atoms with Gasteiger partial charge in [-0.3, -0.25) is 4.99 Å². The van der Waals surface area contributed by atoms with Crippen molar-refractivity contribution < 1.29 is 0 Å². The largest absolute Gasteiger partial charge is 0.254 e. The summed E-state index contributed by atoms with van der Waals surface area (Å²) < 4.78 is 0. The van der Waals surface area contributed by atoms with E-state index in [-0.39, 0.29) is 0 Å². The molecule has 1 rings (SSSR count). The zero-order valence-electron chi connectivity index (χ0n) is 3.59. The van der Waals surface area contributed by atoms with E-state index in [1.807, 2.05) is 5.41 Å². The van der Waals surface area contributed by atoms with Crippen molar-refractivity contribution >= 4 is 18.0 Å². The molecule has 0 aliphatic carbocycles. The molecular weight excluding hydrogens is 106 g/mol. The minimum atomic E-state index is 1.47. The molecule has 0 N–H and O–H groups in total. The lowest BCUT2D eigenvalue weighted by Gasteiger charge is -1.67. The average Bonchev–Trinajstić information content (AvgIpc) is 1.90. The van der Waals surface area contributed by atoms with E-state index >= 15 is 0 Å². The number of hydrogen-bond donors (Lipinski definition) is 0. The third-order valence-electron chi connectivity index (χ3n) is 0.469. The topological polar surface area (TPSA) is 12.4 Å². The molecule has 0 saturated carbocycles. The second-order valence-corrected chi connectivity index (χ2v) is 1.67. The van der Waals surface area contributed by atoms with Crippen LogP contribution in [0, 0.1) is 5.41 Å². The first-order chi connectivity index (χ1) is 3.50. The highest BCUT2D eigenvalue weighted by molar-refractivity contribution is 8.03. The van der Waals surface area contributed by atoms with E-state index in [0.29, 0.717) is 0 Å². The fourth-order valence-corrected chi connectivity index (χ4v) is 0.562. The second-order valence-electron chi connectivity index (χ2n) is 0.923. The predicted octanol–water partition coefficient (Wildman–Crippen LogP) is 1.47. The van der Waals surface area contributed by atoms with Crippen LogP contribution in [0.5, 0.6) is 0 Å². The average molecular weight is 109 g/mol. The molecule has 0 aromatic rings. The third-order valence-corrected chi connectivity index (χ3v) is 0.981. The number of hydrogen-bond acceptors (Lipinski definition) is 2. The SMILES string of the molecule is [C]1=C[C]=NC=CS1. The molecule has 2 heteroatoms. The van der Waals surface area contributed by atoms with Crippen molar-refractivity contribution in [2.24, 2.45) is 4.99 Å². The van der Waals surface area contributed by atoms with Gasteiger partial charge in [0.15, 0.2) is 0 Å². The summed E-state index contributed by atoms with van der Waals surface area (Å²) in [5.74, 6) is 0. The molecule has 0 bridgehead atoms. The first-order valence-corrected chi connectivity index (χ1v) is 2.71. The van der Waals surface area contributed by atoms with Gasteiger partial charge in [-0.15, -0.1) is 0 Å². The first-order valence-electron chi connectivity index (χ1n) is 1.83. The number of allylic oxidation sites excluding steroid dienone is 1. The van der Waals surface area contributed by atoms with E-state index in [0.717, 1.165) is 0 Å². The van der Waals surface area contributed by atoms with Crippen molar-refractivity contribution in [3.63, 3.8) is 0 Å². The molecule has 1 heterocycles. The lowest BCUT2D eigenvalue weighted by atomic mass is 10.7. The van der Waals surface area contributed by atoms with Crippen LogP contribution >= 0.6 is 11.8 Å². The summed E-state index contributed by atoms with van der Waals surface area (Å²) in [5, 5.41) is 4.69. The minimum Gasteiger partial charge on any atom is -0.254 e. The van der Waals surface area contributed by atoms with Gasteiger partial charge in [-0.1, -0.05) is 11.8 Å². The van der Waals surface area contributed by atoms with E-state index in [2.05, 4.69) is 16.6 Å². The summed E-state index contributed by atoms with van der Waals surface area (Å²) in [6.07, 6.45) is 5.97. The first kappa shape index (κ1) is 4.65. The van der Waals surface area contributed by atoms with Gasteiger partial charge >= 0.3 is 0 Å². The number of aliphatic imine (C=N–C) groups is 1. The van der Waals surface area contributed by atoms with E-state index in [1.165, 1.54) is 11.8 Å². The van der Waals surface area contributed by atoms with Crippen LogP contribution in [0.1, 0.15) is 0 Å². The Balaban J connectivity index is 2.60. The van der Waals surface area contributed by atoms with Gasteiger partial charge in [0.05, 0.1) is 6.21 Å². The maximum Gasteiger partial charge on any atom is 0.0898 e. The van der Waals surface area contributed by atoms with Crippen LogP contribution in [0.4, 0.5) is 0 Å². The number of nitrogens with zero attached hydrogens (tertiary/aromatic N) is 1. The van der Waals surface area contributed by atoms with Gasteiger partial charge in [0.1, 0.15) is 0 Å². The molecule has 0 spiro atoms. The highest BCUT2D eigenvalue weighted by Gasteiger charge is 1.73. The van der Waals surface area contributed by atoms with Crippen LogP contribution in [0.15, 0.2) is 22.7 Å². The molecule has 1 aliphatic heterocycles. The molecule has 7 heavy (non-hydrogen) atoms. The van der Waals surface area contributed by atoms with E-state index in [1.54, 1.807) is 12.3 Å². The normalized spacial score (nSPS) is 17.1. The molecule has 0 amide bonds. The number of rotatable bonds is 0. The standard InChI is InChI=1S/C5H3NS/c1-2-6-3-5-7-4-1/h1,3,5H. The molecule has 0 aromatic carbocycles. The fraction of sp³-hybridized carbons (Fsp3) is 0. The summed E-state index contributed by atoms with van der Waals surface area (Å²) in [5.41, 5.74) is 0. The molecule has 1 nitrogen and oxygen atoms in total. The monoisotopic (exact) mass is 109 g/mol. The molecular formula is C5H3NS. The Kier molecular flexibility index (Phi) is 1.75. The minimum absolute atomic E-state index is 1.47. The summed E-state index contributed by atoms with van der Waals surface area (Å²) in [7, 11) is 0. The molecule has 0 saturated heterocycles. The molecule has 0 fully saturated rings. The van der Waals surface area contributed by atoms with Gasteiger partial charge in [-0.25, -0.2) is 0 Å². The zero-order chi connectivity index (χ0) is 4.95. The zero-order valence-corrected chi connectivity index (χ0v) is 4.40. The van der Waals surface area contributed by atoms with Crippen LogP contribution in [0.3, 0.4) is 0 Å². The van der Waals surface area contributed by atoms with Crippen LogP contribution in [-0.2, 0) is 0 Å². The lowest BCUT2D eigenvalue weighted by Crippen LogP contribution is -1.53. The Labute approximate surface area is 46.8 Å². The van der Waals surface area contributed by atoms with Crippen molar-refractivity contribution in [1.29, 1.82) is 0 Å². The fourth-order valence-electron chi connectivity index (χ4n) is 0.241. The Morgan fingerprint density at radius 2 is 2.57 bits per heavy atom. The maximum absolute atomic E-state index is 3.70. The van der Waals surface area contributed by atoms with E-state index < -0.39 is 0 Å². The van der Waals surface area contributed by atoms with Gasteiger partial charge in [0.25, 0.3) is 0 Å². The quantitative estimate of drug-likeness (QED) is 0.459. The summed E-state index contributed by atoms with van der Waals surface area (Å²) >= 11 is 1.47. The van der Waals surface area contributed by atoms with Gasteiger partial charge in [-0.2, -0.15) is 0 Å². The van der Waals surface area contributed by atoms with Crippen LogP contribution in [0.25, 0.3) is 0 Å². The van der Waals surface area contributed by atoms with Crippen molar-refractivity contribution in [1.82, 2.24) is 0 Å². The van der Waals surface area contributed by atoms with Gasteiger partial charge in [0.2, 0.25) is 0 Å². The molecule has 2 radical (unpaired) electrons. The van der Waals surface area contributed by atoms with Crippen LogP contribution in [-0.4, -0.2) is 6.21 Å². The summed E-state index contributed by atoms with van der Waals surface area (Å²) in [6, 6.07) is 0. The predicted molar refractivity (Wildman–Crippen MR) is 32.0 cm³/mol. The molecule has 0 aromatic heterocycles.